The minimum absolute atomic E-state index is 0.267. The number of thiophene rings is 1. The Bertz CT molecular complexity index is 1400. The number of aryl methyl sites for hydroxylation is 1. The lowest BCUT2D eigenvalue weighted by atomic mass is 10.1. The molecular weight excluding hydrogens is 434 g/mol. The van der Waals surface area contributed by atoms with Crippen molar-refractivity contribution in [1.29, 1.82) is 0 Å². The predicted octanol–water partition coefficient (Wildman–Crippen LogP) is 4.34. The maximum Gasteiger partial charge on any atom is 0.206 e. The topological polar surface area (TPSA) is 97.9 Å². The van der Waals surface area contributed by atoms with Crippen molar-refractivity contribution in [1.82, 2.24) is 24.7 Å². The number of H-pyrrole nitrogens is 1. The largest absolute Gasteiger partial charge is 0.382 e. The van der Waals surface area contributed by atoms with Crippen LogP contribution in [-0.4, -0.2) is 43.9 Å². The average molecular weight is 460 g/mol. The Balaban J connectivity index is 1.25. The van der Waals surface area contributed by atoms with E-state index in [9.17, 15) is 0 Å². The highest BCUT2D eigenvalue weighted by Gasteiger charge is 2.25. The smallest absolute Gasteiger partial charge is 0.206 e. The lowest BCUT2D eigenvalue weighted by molar-refractivity contribution is 0.0249. The Labute approximate surface area is 195 Å². The van der Waals surface area contributed by atoms with E-state index in [1.165, 1.54) is 5.56 Å². The summed E-state index contributed by atoms with van der Waals surface area (Å²) in [5.74, 6) is 1.40. The van der Waals surface area contributed by atoms with Gasteiger partial charge in [0.1, 0.15) is 5.52 Å². The number of rotatable bonds is 5. The van der Waals surface area contributed by atoms with Crippen LogP contribution in [0.4, 0.5) is 11.8 Å². The summed E-state index contributed by atoms with van der Waals surface area (Å²) in [6.07, 6.45) is 3.97. The molecule has 1 fully saturated rings. The summed E-state index contributed by atoms with van der Waals surface area (Å²) in [5, 5.41) is 7.10. The fourth-order valence-corrected chi connectivity index (χ4v) is 5.72. The summed E-state index contributed by atoms with van der Waals surface area (Å²) >= 11 is 1.68. The average Bonchev–Trinajstić information content (AvgIpc) is 3.58. The first-order chi connectivity index (χ1) is 16.2. The van der Waals surface area contributed by atoms with Gasteiger partial charge in [-0.2, -0.15) is 5.10 Å². The number of pyridine rings is 1. The van der Waals surface area contributed by atoms with Crippen LogP contribution in [0.2, 0.25) is 0 Å². The van der Waals surface area contributed by atoms with Crippen LogP contribution in [0.5, 0.6) is 0 Å². The lowest BCUT2D eigenvalue weighted by Crippen LogP contribution is -2.38. The molecule has 3 N–H and O–H groups in total. The number of fused-ring (bicyclic) bond motifs is 3. The van der Waals surface area contributed by atoms with Crippen LogP contribution in [0.15, 0.2) is 48.7 Å². The van der Waals surface area contributed by atoms with Crippen LogP contribution in [0.25, 0.3) is 31.8 Å². The van der Waals surface area contributed by atoms with Crippen molar-refractivity contribution < 1.29 is 4.74 Å². The van der Waals surface area contributed by atoms with E-state index in [1.807, 2.05) is 12.1 Å². The zero-order valence-corrected chi connectivity index (χ0v) is 19.2. The molecule has 0 spiro atoms. The summed E-state index contributed by atoms with van der Waals surface area (Å²) in [4.78, 5) is 13.0. The third kappa shape index (κ3) is 3.63. The molecule has 168 valence electrons. The van der Waals surface area contributed by atoms with Gasteiger partial charge in [-0.25, -0.2) is 9.97 Å². The SMILES string of the molecule is Cn1c(N2CCC(OCc3ccccc3)CC2)nc2c(N)nc3cc(-c4ccn[nH]4)sc3c21. The predicted molar refractivity (Wildman–Crippen MR) is 132 cm³/mol. The van der Waals surface area contributed by atoms with Gasteiger partial charge in [-0.3, -0.25) is 5.10 Å². The van der Waals surface area contributed by atoms with E-state index >= 15 is 0 Å². The second kappa shape index (κ2) is 8.17. The van der Waals surface area contributed by atoms with Crippen LogP contribution < -0.4 is 10.6 Å². The molecule has 5 heterocycles. The molecule has 0 radical (unpaired) electrons. The number of nitrogens with two attached hydrogens (primary N) is 1. The zero-order chi connectivity index (χ0) is 22.4. The van der Waals surface area contributed by atoms with Crippen molar-refractivity contribution in [2.45, 2.75) is 25.6 Å². The van der Waals surface area contributed by atoms with Gasteiger partial charge in [-0.05, 0) is 30.5 Å². The molecule has 1 saturated heterocycles. The Morgan fingerprint density at radius 3 is 2.73 bits per heavy atom. The number of nitrogens with zero attached hydrogens (tertiary/aromatic N) is 5. The van der Waals surface area contributed by atoms with Gasteiger partial charge in [-0.15, -0.1) is 11.3 Å². The molecule has 6 rings (SSSR count). The number of aromatic nitrogens is 5. The fraction of sp³-hybridized carbons (Fsp3) is 0.292. The van der Waals surface area contributed by atoms with E-state index in [0.717, 1.165) is 63.7 Å². The minimum atomic E-state index is 0.267. The number of hydrogen-bond donors (Lipinski definition) is 2. The molecule has 0 unspecified atom stereocenters. The van der Waals surface area contributed by atoms with Gasteiger partial charge < -0.3 is 19.9 Å². The van der Waals surface area contributed by atoms with Crippen LogP contribution >= 0.6 is 11.3 Å². The number of aromatic amines is 1. The van der Waals surface area contributed by atoms with Gasteiger partial charge >= 0.3 is 0 Å². The van der Waals surface area contributed by atoms with Crippen molar-refractivity contribution in [2.24, 2.45) is 7.05 Å². The number of anilines is 2. The van der Waals surface area contributed by atoms with Crippen LogP contribution in [0, 0.1) is 0 Å². The second-order valence-corrected chi connectivity index (χ2v) is 9.50. The van der Waals surface area contributed by atoms with Crippen LogP contribution in [0.3, 0.4) is 0 Å². The summed E-state index contributed by atoms with van der Waals surface area (Å²) < 4.78 is 9.42. The van der Waals surface area contributed by atoms with Gasteiger partial charge in [0, 0.05) is 26.3 Å². The first-order valence-corrected chi connectivity index (χ1v) is 11.9. The monoisotopic (exact) mass is 459 g/mol. The van der Waals surface area contributed by atoms with E-state index in [-0.39, 0.29) is 6.10 Å². The Morgan fingerprint density at radius 1 is 1.15 bits per heavy atom. The first kappa shape index (κ1) is 20.2. The number of benzene rings is 1. The summed E-state index contributed by atoms with van der Waals surface area (Å²) in [7, 11) is 2.07. The summed E-state index contributed by atoms with van der Waals surface area (Å²) in [6.45, 7) is 2.46. The zero-order valence-electron chi connectivity index (χ0n) is 18.4. The van der Waals surface area contributed by atoms with Gasteiger partial charge in [-0.1, -0.05) is 30.3 Å². The van der Waals surface area contributed by atoms with Gasteiger partial charge in [0.25, 0.3) is 0 Å². The fourth-order valence-electron chi connectivity index (χ4n) is 4.56. The van der Waals surface area contributed by atoms with Gasteiger partial charge in [0.2, 0.25) is 5.95 Å². The van der Waals surface area contributed by atoms with E-state index in [4.69, 9.17) is 15.5 Å². The highest BCUT2D eigenvalue weighted by molar-refractivity contribution is 7.23. The lowest BCUT2D eigenvalue weighted by Gasteiger charge is -2.32. The molecule has 33 heavy (non-hydrogen) atoms. The summed E-state index contributed by atoms with van der Waals surface area (Å²) in [6, 6.07) is 14.4. The molecule has 0 atom stereocenters. The van der Waals surface area contributed by atoms with Gasteiger partial charge in [0.05, 0.1) is 39.0 Å². The van der Waals surface area contributed by atoms with Crippen molar-refractivity contribution in [3.05, 3.63) is 54.2 Å². The number of piperidine rings is 1. The Morgan fingerprint density at radius 2 is 1.97 bits per heavy atom. The quantitative estimate of drug-likeness (QED) is 0.406. The molecule has 0 bridgehead atoms. The third-order valence-corrected chi connectivity index (χ3v) is 7.47. The molecule has 8 nitrogen and oxygen atoms in total. The van der Waals surface area contributed by atoms with E-state index in [0.29, 0.717) is 12.4 Å². The van der Waals surface area contributed by atoms with E-state index < -0.39 is 0 Å². The minimum Gasteiger partial charge on any atom is -0.382 e. The van der Waals surface area contributed by atoms with Crippen LogP contribution in [0.1, 0.15) is 18.4 Å². The number of imidazole rings is 1. The first-order valence-electron chi connectivity index (χ1n) is 11.1. The van der Waals surface area contributed by atoms with Crippen molar-refractivity contribution >= 4 is 44.4 Å². The molecule has 5 aromatic rings. The van der Waals surface area contributed by atoms with Crippen molar-refractivity contribution in [3.63, 3.8) is 0 Å². The highest BCUT2D eigenvalue weighted by atomic mass is 32.1. The van der Waals surface area contributed by atoms with Crippen molar-refractivity contribution in [3.8, 4) is 10.6 Å². The maximum atomic E-state index is 6.34. The Hall–Kier alpha value is -3.43. The molecule has 0 saturated carbocycles. The molecular formula is C24H25N7OS. The third-order valence-electron chi connectivity index (χ3n) is 6.30. The molecule has 0 aliphatic carbocycles. The van der Waals surface area contributed by atoms with Gasteiger partial charge in [0.15, 0.2) is 5.82 Å². The van der Waals surface area contributed by atoms with E-state index in [2.05, 4.69) is 62.0 Å². The number of ether oxygens (including phenoxy) is 1. The Kier molecular flexibility index (Phi) is 5.00. The second-order valence-electron chi connectivity index (χ2n) is 8.44. The normalized spacial score (nSPS) is 15.1. The summed E-state index contributed by atoms with van der Waals surface area (Å²) in [5.41, 5.74) is 11.2. The van der Waals surface area contributed by atoms with E-state index in [1.54, 1.807) is 17.5 Å². The van der Waals surface area contributed by atoms with Crippen LogP contribution in [-0.2, 0) is 18.4 Å². The molecule has 1 aromatic carbocycles. The van der Waals surface area contributed by atoms with Crippen molar-refractivity contribution in [2.75, 3.05) is 23.7 Å². The number of nitrogens with one attached hydrogen (secondary N) is 1. The number of nitrogen functional groups attached to an aromatic ring is 1. The molecule has 4 aromatic heterocycles. The molecule has 1 aliphatic heterocycles. The molecule has 0 amide bonds. The number of hydrogen-bond acceptors (Lipinski definition) is 7. The molecule has 1 aliphatic rings. The molecule has 9 heteroatoms. The highest BCUT2D eigenvalue weighted by Crippen LogP contribution is 2.39. The standard InChI is InChI=1S/C24H25N7OS/c1-30-21-20(23(25)27-18-13-19(33-22(18)21)17-7-10-26-29-17)28-24(30)31-11-8-16(9-12-31)32-14-15-5-3-2-4-6-15/h2-7,10,13,16H,8-9,11-12,14H2,1H3,(H2,25,27)(H,26,29). The maximum absolute atomic E-state index is 6.34.